The SMILES string of the molecule is NS(=O)(=O)c1cc(F)nc([N+](=O)[O-])c1C(F)F. The minimum atomic E-state index is -4.72. The molecule has 0 atom stereocenters. The van der Waals surface area contributed by atoms with Gasteiger partial charge in [-0.2, -0.15) is 4.39 Å². The minimum Gasteiger partial charge on any atom is -0.358 e. The van der Waals surface area contributed by atoms with E-state index in [1.54, 1.807) is 0 Å². The summed E-state index contributed by atoms with van der Waals surface area (Å²) in [7, 11) is -4.72. The van der Waals surface area contributed by atoms with Crippen LogP contribution in [0.2, 0.25) is 0 Å². The third-order valence-electron chi connectivity index (χ3n) is 1.67. The predicted octanol–water partition coefficient (Wildman–Crippen LogP) is 0.714. The third-order valence-corrected chi connectivity index (χ3v) is 2.62. The van der Waals surface area contributed by atoms with Crippen LogP contribution in [0.5, 0.6) is 0 Å². The number of nitrogens with two attached hydrogens (primary N) is 1. The second-order valence-corrected chi connectivity index (χ2v) is 4.31. The number of hydrogen-bond acceptors (Lipinski definition) is 5. The first kappa shape index (κ1) is 13.3. The van der Waals surface area contributed by atoms with Gasteiger partial charge in [-0.25, -0.2) is 22.3 Å². The maximum Gasteiger partial charge on any atom is 0.377 e. The molecular weight excluding hydrogens is 267 g/mol. The quantitative estimate of drug-likeness (QED) is 0.493. The zero-order valence-electron chi connectivity index (χ0n) is 7.80. The lowest BCUT2D eigenvalue weighted by Gasteiger charge is -2.06. The average Bonchev–Trinajstić information content (AvgIpc) is 2.14. The molecule has 0 saturated carbocycles. The number of nitrogens with zero attached hydrogens (tertiary/aromatic N) is 2. The van der Waals surface area contributed by atoms with Crippen LogP contribution in [0.25, 0.3) is 0 Å². The second kappa shape index (κ2) is 4.25. The number of nitro groups is 1. The molecule has 1 aromatic rings. The van der Waals surface area contributed by atoms with Gasteiger partial charge in [-0.15, -0.1) is 0 Å². The maximum absolute atomic E-state index is 12.8. The Morgan fingerprint density at radius 2 is 2.00 bits per heavy atom. The Hall–Kier alpha value is -1.75. The van der Waals surface area contributed by atoms with Crippen LogP contribution in [0.1, 0.15) is 12.0 Å². The predicted molar refractivity (Wildman–Crippen MR) is 47.2 cm³/mol. The summed E-state index contributed by atoms with van der Waals surface area (Å²) in [6.45, 7) is 0. The van der Waals surface area contributed by atoms with Crippen LogP contribution in [0.4, 0.5) is 19.0 Å². The Morgan fingerprint density at radius 3 is 2.35 bits per heavy atom. The smallest absolute Gasteiger partial charge is 0.358 e. The molecule has 0 unspecified atom stereocenters. The van der Waals surface area contributed by atoms with Crippen LogP contribution in [0.15, 0.2) is 11.0 Å². The van der Waals surface area contributed by atoms with Gasteiger partial charge in [0.1, 0.15) is 10.5 Å². The number of rotatable bonds is 3. The monoisotopic (exact) mass is 271 g/mol. The number of aromatic nitrogens is 1. The maximum atomic E-state index is 12.8. The van der Waals surface area contributed by atoms with E-state index in [4.69, 9.17) is 0 Å². The van der Waals surface area contributed by atoms with Gasteiger partial charge in [0.05, 0.1) is 0 Å². The molecule has 94 valence electrons. The van der Waals surface area contributed by atoms with Gasteiger partial charge in [0, 0.05) is 6.07 Å². The van der Waals surface area contributed by atoms with Gasteiger partial charge >= 0.3 is 11.8 Å². The van der Waals surface area contributed by atoms with Gasteiger partial charge in [0.25, 0.3) is 6.43 Å². The van der Waals surface area contributed by atoms with E-state index in [1.165, 1.54) is 0 Å². The lowest BCUT2D eigenvalue weighted by atomic mass is 10.2. The van der Waals surface area contributed by atoms with Gasteiger partial charge in [0.2, 0.25) is 10.0 Å². The fourth-order valence-electron chi connectivity index (χ4n) is 1.07. The van der Waals surface area contributed by atoms with Gasteiger partial charge in [-0.05, 0) is 9.91 Å². The molecule has 0 amide bonds. The molecule has 2 N–H and O–H groups in total. The van der Waals surface area contributed by atoms with Crippen molar-refractivity contribution in [2.45, 2.75) is 11.3 Å². The topological polar surface area (TPSA) is 116 Å². The van der Waals surface area contributed by atoms with Crippen molar-refractivity contribution in [3.05, 3.63) is 27.7 Å². The highest BCUT2D eigenvalue weighted by Crippen LogP contribution is 2.32. The van der Waals surface area contributed by atoms with Crippen LogP contribution in [0, 0.1) is 16.1 Å². The van der Waals surface area contributed by atoms with Crippen molar-refractivity contribution in [2.75, 3.05) is 0 Å². The molecule has 0 spiro atoms. The summed E-state index contributed by atoms with van der Waals surface area (Å²) in [5.41, 5.74) is -1.53. The number of halogens is 3. The van der Waals surface area contributed by atoms with Crippen molar-refractivity contribution in [3.8, 4) is 0 Å². The molecule has 1 aromatic heterocycles. The summed E-state index contributed by atoms with van der Waals surface area (Å²) in [6, 6.07) is 0.101. The van der Waals surface area contributed by atoms with E-state index in [-0.39, 0.29) is 6.07 Å². The fraction of sp³-hybridized carbons (Fsp3) is 0.167. The molecule has 0 aliphatic rings. The van der Waals surface area contributed by atoms with E-state index >= 15 is 0 Å². The van der Waals surface area contributed by atoms with Crippen LogP contribution < -0.4 is 5.14 Å². The number of hydrogen-bond donors (Lipinski definition) is 1. The summed E-state index contributed by atoms with van der Waals surface area (Å²) >= 11 is 0. The first-order chi connectivity index (χ1) is 7.64. The minimum absolute atomic E-state index is 0.101. The normalized spacial score (nSPS) is 11.8. The highest BCUT2D eigenvalue weighted by Gasteiger charge is 2.33. The van der Waals surface area contributed by atoms with Crippen LogP contribution in [-0.2, 0) is 10.0 Å². The van der Waals surface area contributed by atoms with Crippen molar-refractivity contribution in [1.82, 2.24) is 4.98 Å². The average molecular weight is 271 g/mol. The summed E-state index contributed by atoms with van der Waals surface area (Å²) in [5.74, 6) is -3.17. The van der Waals surface area contributed by atoms with Crippen LogP contribution in [-0.4, -0.2) is 18.3 Å². The number of pyridine rings is 1. The Kier molecular flexibility index (Phi) is 3.33. The molecule has 0 fully saturated rings. The van der Waals surface area contributed by atoms with Gasteiger partial charge < -0.3 is 10.1 Å². The molecule has 0 aromatic carbocycles. The fourth-order valence-corrected chi connectivity index (χ4v) is 1.82. The van der Waals surface area contributed by atoms with E-state index in [2.05, 4.69) is 10.1 Å². The molecule has 0 radical (unpaired) electrons. The summed E-state index contributed by atoms with van der Waals surface area (Å²) in [4.78, 5) is 10.2. The Balaban J connectivity index is 3.77. The zero-order chi connectivity index (χ0) is 13.4. The molecule has 1 heterocycles. The standard InChI is InChI=1S/C6H4F3N3O4S/c7-3-1-2(17(10,15)16)4(5(8)9)6(11-3)12(13)14/h1,5H,(H2,10,15,16). The molecule has 7 nitrogen and oxygen atoms in total. The molecule has 0 bridgehead atoms. The van der Waals surface area contributed by atoms with Gasteiger partial charge in [-0.3, -0.25) is 0 Å². The van der Waals surface area contributed by atoms with Crippen LogP contribution in [0.3, 0.4) is 0 Å². The highest BCUT2D eigenvalue weighted by molar-refractivity contribution is 7.89. The van der Waals surface area contributed by atoms with Crippen molar-refractivity contribution in [2.24, 2.45) is 5.14 Å². The first-order valence-corrected chi connectivity index (χ1v) is 5.35. The van der Waals surface area contributed by atoms with Crippen molar-refractivity contribution in [3.63, 3.8) is 0 Å². The molecule has 17 heavy (non-hydrogen) atoms. The Labute approximate surface area is 92.3 Å². The molecule has 11 heteroatoms. The largest absolute Gasteiger partial charge is 0.377 e. The Bertz CT molecular complexity index is 574. The highest BCUT2D eigenvalue weighted by atomic mass is 32.2. The van der Waals surface area contributed by atoms with Gasteiger partial charge in [0.15, 0.2) is 0 Å². The number of sulfonamides is 1. The Morgan fingerprint density at radius 1 is 1.47 bits per heavy atom. The van der Waals surface area contributed by atoms with Crippen molar-refractivity contribution in [1.29, 1.82) is 0 Å². The number of primary sulfonamides is 1. The van der Waals surface area contributed by atoms with E-state index in [0.717, 1.165) is 0 Å². The second-order valence-electron chi connectivity index (χ2n) is 2.78. The summed E-state index contributed by atoms with van der Waals surface area (Å²) in [5, 5.41) is 14.9. The molecule has 0 aliphatic heterocycles. The lowest BCUT2D eigenvalue weighted by Crippen LogP contribution is -2.17. The van der Waals surface area contributed by atoms with E-state index in [1.807, 2.05) is 0 Å². The lowest BCUT2D eigenvalue weighted by molar-refractivity contribution is -0.391. The van der Waals surface area contributed by atoms with Crippen LogP contribution >= 0.6 is 0 Å². The molecule has 0 aliphatic carbocycles. The molecular formula is C6H4F3N3O4S. The number of alkyl halides is 2. The van der Waals surface area contributed by atoms with E-state index in [9.17, 15) is 31.7 Å². The van der Waals surface area contributed by atoms with Crippen molar-refractivity contribution < 1.29 is 26.5 Å². The molecule has 1 rings (SSSR count). The van der Waals surface area contributed by atoms with Crippen molar-refractivity contribution >= 4 is 15.8 Å². The molecule has 0 saturated heterocycles. The summed E-state index contributed by atoms with van der Waals surface area (Å²) < 4.78 is 59.7. The third kappa shape index (κ3) is 2.68. The van der Waals surface area contributed by atoms with E-state index < -0.39 is 43.6 Å². The van der Waals surface area contributed by atoms with E-state index in [0.29, 0.717) is 0 Å². The zero-order valence-corrected chi connectivity index (χ0v) is 8.62. The summed E-state index contributed by atoms with van der Waals surface area (Å²) in [6.07, 6.45) is -3.53. The van der Waals surface area contributed by atoms with Gasteiger partial charge in [-0.1, -0.05) is 0 Å². The first-order valence-electron chi connectivity index (χ1n) is 3.80.